The third kappa shape index (κ3) is 2.15. The zero-order valence-electron chi connectivity index (χ0n) is 8.68. The molecule has 0 spiro atoms. The molecular weight excluding hydrogens is 226 g/mol. The molecule has 1 fully saturated rings. The zero-order valence-corrected chi connectivity index (χ0v) is 9.50. The highest BCUT2D eigenvalue weighted by atomic mass is 32.1. The molecule has 2 N–H and O–H groups in total. The van der Waals surface area contributed by atoms with Crippen molar-refractivity contribution >= 4 is 23.6 Å². The van der Waals surface area contributed by atoms with Crippen molar-refractivity contribution in [1.29, 1.82) is 0 Å². The molecule has 0 aromatic carbocycles. The number of rotatable bonds is 3. The lowest BCUT2D eigenvalue weighted by atomic mass is 9.89. The lowest BCUT2D eigenvalue weighted by Gasteiger charge is -2.28. The van der Waals surface area contributed by atoms with Crippen LogP contribution in [-0.4, -0.2) is 29.9 Å². The highest BCUT2D eigenvalue weighted by molar-refractivity contribution is 7.13. The maximum Gasteiger partial charge on any atom is 0.321 e. The molecule has 4 nitrogen and oxygen atoms in total. The molecule has 0 bridgehead atoms. The Hall–Kier alpha value is -1.20. The average Bonchev–Trinajstić information content (AvgIpc) is 2.77. The van der Waals surface area contributed by atoms with Crippen LogP contribution in [0.4, 0.5) is 0 Å². The van der Waals surface area contributed by atoms with Crippen molar-refractivity contribution < 1.29 is 14.7 Å². The standard InChI is InChI=1S/C11H13NO3S/c13-6-7-3-4-9(16-7)8-2-1-5-12-10(8)11(14)15/h3-4,6,8,10,12H,1-2,5H2,(H,14,15). The van der Waals surface area contributed by atoms with Crippen LogP contribution in [0.1, 0.15) is 33.3 Å². The third-order valence-corrected chi connectivity index (χ3v) is 4.00. The maximum atomic E-state index is 11.1. The minimum Gasteiger partial charge on any atom is -0.480 e. The maximum absolute atomic E-state index is 11.1. The predicted octanol–water partition coefficient (Wildman–Crippen LogP) is 1.48. The summed E-state index contributed by atoms with van der Waals surface area (Å²) in [4.78, 5) is 23.3. The van der Waals surface area contributed by atoms with Crippen LogP contribution >= 0.6 is 11.3 Å². The molecule has 1 aliphatic rings. The fourth-order valence-electron chi connectivity index (χ4n) is 2.09. The summed E-state index contributed by atoms with van der Waals surface area (Å²) >= 11 is 1.39. The predicted molar refractivity (Wildman–Crippen MR) is 61.1 cm³/mol. The minimum atomic E-state index is -0.814. The second-order valence-electron chi connectivity index (χ2n) is 3.88. The van der Waals surface area contributed by atoms with E-state index >= 15 is 0 Å². The SMILES string of the molecule is O=Cc1ccc(C2CCCNC2C(=O)O)s1. The van der Waals surface area contributed by atoms with Gasteiger partial charge >= 0.3 is 5.97 Å². The Bertz CT molecular complexity index is 402. The van der Waals surface area contributed by atoms with Crippen molar-refractivity contribution in [2.45, 2.75) is 24.8 Å². The molecule has 2 rings (SSSR count). The van der Waals surface area contributed by atoms with E-state index < -0.39 is 12.0 Å². The first-order valence-corrected chi connectivity index (χ1v) is 6.05. The summed E-state index contributed by atoms with van der Waals surface area (Å²) in [6, 6.07) is 3.09. The van der Waals surface area contributed by atoms with Crippen LogP contribution in [0.25, 0.3) is 0 Å². The highest BCUT2D eigenvalue weighted by Crippen LogP contribution is 2.32. The fourth-order valence-corrected chi connectivity index (χ4v) is 3.08. The lowest BCUT2D eigenvalue weighted by molar-refractivity contribution is -0.140. The van der Waals surface area contributed by atoms with Crippen LogP contribution in [0.3, 0.4) is 0 Å². The molecule has 86 valence electrons. The number of aliphatic carboxylic acids is 1. The summed E-state index contributed by atoms with van der Waals surface area (Å²) in [7, 11) is 0. The van der Waals surface area contributed by atoms with E-state index in [-0.39, 0.29) is 5.92 Å². The van der Waals surface area contributed by atoms with Crippen molar-refractivity contribution in [3.05, 3.63) is 21.9 Å². The van der Waals surface area contributed by atoms with E-state index in [1.165, 1.54) is 11.3 Å². The Morgan fingerprint density at radius 1 is 1.56 bits per heavy atom. The number of carboxylic acids is 1. The van der Waals surface area contributed by atoms with E-state index in [2.05, 4.69) is 5.32 Å². The van der Waals surface area contributed by atoms with Crippen molar-refractivity contribution in [2.24, 2.45) is 0 Å². The molecule has 2 atom stereocenters. The van der Waals surface area contributed by atoms with Crippen LogP contribution in [0, 0.1) is 0 Å². The summed E-state index contributed by atoms with van der Waals surface area (Å²) in [5, 5.41) is 12.1. The van der Waals surface area contributed by atoms with Gasteiger partial charge in [0, 0.05) is 10.8 Å². The Morgan fingerprint density at radius 3 is 3.00 bits per heavy atom. The average molecular weight is 239 g/mol. The number of hydrogen-bond acceptors (Lipinski definition) is 4. The van der Waals surface area contributed by atoms with Gasteiger partial charge in [-0.3, -0.25) is 9.59 Å². The molecule has 0 radical (unpaired) electrons. The molecule has 5 heteroatoms. The van der Waals surface area contributed by atoms with Gasteiger partial charge in [-0.1, -0.05) is 0 Å². The summed E-state index contributed by atoms with van der Waals surface area (Å²) in [6.07, 6.45) is 2.64. The summed E-state index contributed by atoms with van der Waals surface area (Å²) in [5.74, 6) is -0.823. The van der Waals surface area contributed by atoms with E-state index in [0.717, 1.165) is 30.5 Å². The molecule has 1 aromatic rings. The van der Waals surface area contributed by atoms with E-state index in [1.54, 1.807) is 6.07 Å². The van der Waals surface area contributed by atoms with Gasteiger partial charge in [-0.2, -0.15) is 0 Å². The Balaban J connectivity index is 2.22. The van der Waals surface area contributed by atoms with Gasteiger partial charge in [-0.05, 0) is 31.5 Å². The normalized spacial score (nSPS) is 25.2. The minimum absolute atomic E-state index is 0.00931. The fraction of sp³-hybridized carbons (Fsp3) is 0.455. The number of carboxylic acid groups (broad SMARTS) is 1. The Morgan fingerprint density at radius 2 is 2.38 bits per heavy atom. The van der Waals surface area contributed by atoms with Crippen molar-refractivity contribution in [1.82, 2.24) is 5.32 Å². The smallest absolute Gasteiger partial charge is 0.321 e. The molecule has 1 saturated heterocycles. The number of carbonyl (C=O) groups is 2. The molecule has 0 saturated carbocycles. The van der Waals surface area contributed by atoms with Crippen molar-refractivity contribution in [3.63, 3.8) is 0 Å². The van der Waals surface area contributed by atoms with Gasteiger partial charge in [-0.15, -0.1) is 11.3 Å². The second-order valence-corrected chi connectivity index (χ2v) is 5.02. The molecule has 2 heterocycles. The molecular formula is C11H13NO3S. The van der Waals surface area contributed by atoms with Gasteiger partial charge < -0.3 is 10.4 Å². The second kappa shape index (κ2) is 4.76. The molecule has 0 aliphatic carbocycles. The monoisotopic (exact) mass is 239 g/mol. The number of piperidine rings is 1. The number of hydrogen-bond donors (Lipinski definition) is 2. The van der Waals surface area contributed by atoms with E-state index in [9.17, 15) is 9.59 Å². The van der Waals surface area contributed by atoms with Crippen LogP contribution in [0.5, 0.6) is 0 Å². The third-order valence-electron chi connectivity index (χ3n) is 2.85. The Labute approximate surface area is 97.3 Å². The van der Waals surface area contributed by atoms with Gasteiger partial charge in [0.25, 0.3) is 0 Å². The van der Waals surface area contributed by atoms with Gasteiger partial charge in [-0.25, -0.2) is 0 Å². The van der Waals surface area contributed by atoms with Crippen molar-refractivity contribution in [3.8, 4) is 0 Å². The van der Waals surface area contributed by atoms with E-state index in [0.29, 0.717) is 4.88 Å². The molecule has 16 heavy (non-hydrogen) atoms. The first kappa shape index (κ1) is 11.3. The van der Waals surface area contributed by atoms with Crippen LogP contribution in [0.2, 0.25) is 0 Å². The molecule has 1 aliphatic heterocycles. The van der Waals surface area contributed by atoms with E-state index in [4.69, 9.17) is 5.11 Å². The number of aldehydes is 1. The molecule has 1 aromatic heterocycles. The Kier molecular flexibility index (Phi) is 3.36. The molecule has 0 amide bonds. The largest absolute Gasteiger partial charge is 0.480 e. The highest BCUT2D eigenvalue weighted by Gasteiger charge is 2.32. The quantitative estimate of drug-likeness (QED) is 0.784. The van der Waals surface area contributed by atoms with Crippen LogP contribution < -0.4 is 5.32 Å². The number of nitrogens with one attached hydrogen (secondary N) is 1. The lowest BCUT2D eigenvalue weighted by Crippen LogP contribution is -2.45. The van der Waals surface area contributed by atoms with Gasteiger partial charge in [0.05, 0.1) is 4.88 Å². The topological polar surface area (TPSA) is 66.4 Å². The first-order valence-electron chi connectivity index (χ1n) is 5.23. The van der Waals surface area contributed by atoms with Gasteiger partial charge in [0.1, 0.15) is 6.04 Å². The number of carbonyl (C=O) groups excluding carboxylic acids is 1. The summed E-state index contributed by atoms with van der Waals surface area (Å²) in [6.45, 7) is 0.749. The van der Waals surface area contributed by atoms with Crippen molar-refractivity contribution in [2.75, 3.05) is 6.54 Å². The van der Waals surface area contributed by atoms with Crippen LogP contribution in [0.15, 0.2) is 12.1 Å². The van der Waals surface area contributed by atoms with E-state index in [1.807, 2.05) is 6.07 Å². The molecule has 2 unspecified atom stereocenters. The first-order chi connectivity index (χ1) is 7.72. The zero-order chi connectivity index (χ0) is 11.5. The summed E-state index contributed by atoms with van der Waals surface area (Å²) in [5.41, 5.74) is 0. The van der Waals surface area contributed by atoms with Gasteiger partial charge in [0.15, 0.2) is 6.29 Å². The van der Waals surface area contributed by atoms with Crippen LogP contribution in [-0.2, 0) is 4.79 Å². The van der Waals surface area contributed by atoms with Gasteiger partial charge in [0.2, 0.25) is 0 Å². The number of thiophene rings is 1. The summed E-state index contributed by atoms with van der Waals surface area (Å²) < 4.78 is 0.